The average Bonchev–Trinajstić information content (AvgIpc) is 2.93. The first-order valence-corrected chi connectivity index (χ1v) is 8.19. The van der Waals surface area contributed by atoms with E-state index < -0.39 is 0 Å². The van der Waals surface area contributed by atoms with Crippen molar-refractivity contribution in [3.05, 3.63) is 77.0 Å². The number of aryl methyl sites for hydroxylation is 1. The van der Waals surface area contributed by atoms with Gasteiger partial charge in [-0.1, -0.05) is 42.5 Å². The standard InChI is InChI=1S/C19H14BrN3/c1-13-7-5-11-16(21-13)18-17(20)19-15(10-6-12-23(19)22-18)14-8-3-2-4-9-14/h2-12H,1H3. The SMILES string of the molecule is Cc1cccc(-c2nn3cccc(-c4ccccc4)c3c2Br)n1. The lowest BCUT2D eigenvalue weighted by molar-refractivity contribution is 0.961. The Hall–Kier alpha value is -2.46. The van der Waals surface area contributed by atoms with Gasteiger partial charge in [-0.2, -0.15) is 5.10 Å². The average molecular weight is 364 g/mol. The van der Waals surface area contributed by atoms with Crippen LogP contribution < -0.4 is 0 Å². The highest BCUT2D eigenvalue weighted by Crippen LogP contribution is 2.35. The molecule has 0 aliphatic carbocycles. The molecule has 4 aromatic rings. The van der Waals surface area contributed by atoms with E-state index in [9.17, 15) is 0 Å². The molecule has 3 heterocycles. The summed E-state index contributed by atoms with van der Waals surface area (Å²) in [5.74, 6) is 0. The summed E-state index contributed by atoms with van der Waals surface area (Å²) in [6.07, 6.45) is 1.96. The van der Waals surface area contributed by atoms with Crippen LogP contribution in [0.2, 0.25) is 0 Å². The Morgan fingerprint density at radius 1 is 0.913 bits per heavy atom. The van der Waals surface area contributed by atoms with Crippen molar-refractivity contribution in [2.75, 3.05) is 0 Å². The molecule has 0 radical (unpaired) electrons. The minimum atomic E-state index is 0.858. The molecule has 0 fully saturated rings. The van der Waals surface area contributed by atoms with Crippen LogP contribution in [0.15, 0.2) is 71.3 Å². The molecule has 0 aliphatic heterocycles. The maximum absolute atomic E-state index is 4.72. The van der Waals surface area contributed by atoms with Crippen molar-refractivity contribution in [1.82, 2.24) is 14.6 Å². The van der Waals surface area contributed by atoms with E-state index in [0.717, 1.165) is 32.6 Å². The lowest BCUT2D eigenvalue weighted by Gasteiger charge is -2.04. The van der Waals surface area contributed by atoms with Gasteiger partial charge in [0.05, 0.1) is 15.7 Å². The Morgan fingerprint density at radius 2 is 1.74 bits per heavy atom. The van der Waals surface area contributed by atoms with Crippen molar-refractivity contribution in [1.29, 1.82) is 0 Å². The third kappa shape index (κ3) is 2.45. The number of aromatic nitrogens is 3. The molecule has 3 aromatic heterocycles. The second-order valence-electron chi connectivity index (χ2n) is 5.41. The Labute approximate surface area is 142 Å². The molecular weight excluding hydrogens is 350 g/mol. The van der Waals surface area contributed by atoms with Crippen molar-refractivity contribution < 1.29 is 0 Å². The number of halogens is 1. The number of hydrogen-bond acceptors (Lipinski definition) is 2. The molecule has 0 saturated heterocycles. The third-order valence-electron chi connectivity index (χ3n) is 3.81. The predicted octanol–water partition coefficient (Wildman–Crippen LogP) is 5.13. The second kappa shape index (κ2) is 5.63. The molecule has 0 atom stereocenters. The van der Waals surface area contributed by atoms with Crippen LogP contribution in [0, 0.1) is 6.92 Å². The van der Waals surface area contributed by atoms with E-state index in [2.05, 4.69) is 39.1 Å². The number of fused-ring (bicyclic) bond motifs is 1. The van der Waals surface area contributed by atoms with Crippen molar-refractivity contribution in [3.8, 4) is 22.5 Å². The molecule has 112 valence electrons. The smallest absolute Gasteiger partial charge is 0.126 e. The first kappa shape index (κ1) is 14.2. The van der Waals surface area contributed by atoms with Crippen LogP contribution in [0.25, 0.3) is 28.0 Å². The minimum absolute atomic E-state index is 0.858. The maximum atomic E-state index is 4.72. The fourth-order valence-electron chi connectivity index (χ4n) is 2.75. The summed E-state index contributed by atoms with van der Waals surface area (Å²) in [7, 11) is 0. The fraction of sp³-hybridized carbons (Fsp3) is 0.0526. The number of benzene rings is 1. The van der Waals surface area contributed by atoms with Gasteiger partial charge in [-0.25, -0.2) is 4.52 Å². The molecule has 0 aliphatic rings. The van der Waals surface area contributed by atoms with Gasteiger partial charge in [0.25, 0.3) is 0 Å². The van der Waals surface area contributed by atoms with Crippen LogP contribution in [0.1, 0.15) is 5.69 Å². The molecule has 0 saturated carbocycles. The summed E-state index contributed by atoms with van der Waals surface area (Å²) in [5.41, 5.74) is 6.08. The highest BCUT2D eigenvalue weighted by atomic mass is 79.9. The van der Waals surface area contributed by atoms with Crippen LogP contribution in [0.3, 0.4) is 0 Å². The fourth-order valence-corrected chi connectivity index (χ4v) is 3.43. The molecule has 1 aromatic carbocycles. The van der Waals surface area contributed by atoms with Crippen LogP contribution in [-0.2, 0) is 0 Å². The largest absolute Gasteiger partial charge is 0.251 e. The highest BCUT2D eigenvalue weighted by molar-refractivity contribution is 9.10. The molecule has 4 rings (SSSR count). The maximum Gasteiger partial charge on any atom is 0.126 e. The molecule has 0 spiro atoms. The number of hydrogen-bond donors (Lipinski definition) is 0. The molecular formula is C19H14BrN3. The van der Waals surface area contributed by atoms with E-state index in [4.69, 9.17) is 5.10 Å². The Morgan fingerprint density at radius 3 is 2.52 bits per heavy atom. The molecule has 0 N–H and O–H groups in total. The second-order valence-corrected chi connectivity index (χ2v) is 6.20. The monoisotopic (exact) mass is 363 g/mol. The zero-order valence-corrected chi connectivity index (χ0v) is 14.2. The van der Waals surface area contributed by atoms with Gasteiger partial charge in [-0.15, -0.1) is 0 Å². The minimum Gasteiger partial charge on any atom is -0.251 e. The molecule has 0 bridgehead atoms. The Bertz CT molecular complexity index is 990. The van der Waals surface area contributed by atoms with Crippen molar-refractivity contribution >= 4 is 21.4 Å². The topological polar surface area (TPSA) is 30.2 Å². The summed E-state index contributed by atoms with van der Waals surface area (Å²) in [6.45, 7) is 1.99. The lowest BCUT2D eigenvalue weighted by Crippen LogP contribution is -1.90. The molecule has 3 nitrogen and oxygen atoms in total. The van der Waals surface area contributed by atoms with Gasteiger partial charge in [-0.05, 0) is 46.6 Å². The zero-order chi connectivity index (χ0) is 15.8. The zero-order valence-electron chi connectivity index (χ0n) is 12.6. The van der Waals surface area contributed by atoms with E-state index in [0.29, 0.717) is 0 Å². The van der Waals surface area contributed by atoms with Crippen molar-refractivity contribution in [2.45, 2.75) is 6.92 Å². The summed E-state index contributed by atoms with van der Waals surface area (Å²) in [5, 5.41) is 4.72. The van der Waals surface area contributed by atoms with Crippen molar-refractivity contribution in [2.24, 2.45) is 0 Å². The van der Waals surface area contributed by atoms with Crippen molar-refractivity contribution in [3.63, 3.8) is 0 Å². The summed E-state index contributed by atoms with van der Waals surface area (Å²) < 4.78 is 2.88. The molecule has 0 unspecified atom stereocenters. The number of nitrogens with zero attached hydrogens (tertiary/aromatic N) is 3. The number of pyridine rings is 2. The Kier molecular flexibility index (Phi) is 3.46. The first-order valence-electron chi connectivity index (χ1n) is 7.40. The normalized spacial score (nSPS) is 11.0. The van der Waals surface area contributed by atoms with E-state index >= 15 is 0 Å². The van der Waals surface area contributed by atoms with Gasteiger partial charge in [0.15, 0.2) is 0 Å². The van der Waals surface area contributed by atoms with Gasteiger partial charge < -0.3 is 0 Å². The molecule has 23 heavy (non-hydrogen) atoms. The predicted molar refractivity (Wildman–Crippen MR) is 96.3 cm³/mol. The summed E-state index contributed by atoms with van der Waals surface area (Å²) >= 11 is 3.74. The van der Waals surface area contributed by atoms with Gasteiger partial charge in [-0.3, -0.25) is 4.98 Å². The summed E-state index contributed by atoms with van der Waals surface area (Å²) in [4.78, 5) is 4.60. The van der Waals surface area contributed by atoms with Gasteiger partial charge in [0.1, 0.15) is 5.69 Å². The van der Waals surface area contributed by atoms with E-state index in [1.165, 1.54) is 5.56 Å². The first-order chi connectivity index (χ1) is 11.2. The number of rotatable bonds is 2. The van der Waals surface area contributed by atoms with Gasteiger partial charge in [0, 0.05) is 17.5 Å². The van der Waals surface area contributed by atoms with Crippen LogP contribution in [0.5, 0.6) is 0 Å². The van der Waals surface area contributed by atoms with Crippen LogP contribution >= 0.6 is 15.9 Å². The molecule has 4 heteroatoms. The summed E-state index contributed by atoms with van der Waals surface area (Å²) in [6, 6.07) is 20.5. The van der Waals surface area contributed by atoms with E-state index in [1.807, 2.05) is 60.1 Å². The highest BCUT2D eigenvalue weighted by Gasteiger charge is 2.16. The van der Waals surface area contributed by atoms with Gasteiger partial charge >= 0.3 is 0 Å². The third-order valence-corrected chi connectivity index (χ3v) is 4.56. The van der Waals surface area contributed by atoms with Crippen LogP contribution in [0.4, 0.5) is 0 Å². The van der Waals surface area contributed by atoms with E-state index in [1.54, 1.807) is 0 Å². The lowest BCUT2D eigenvalue weighted by atomic mass is 10.1. The van der Waals surface area contributed by atoms with E-state index in [-0.39, 0.29) is 0 Å². The molecule has 0 amide bonds. The van der Waals surface area contributed by atoms with Crippen LogP contribution in [-0.4, -0.2) is 14.6 Å². The quantitative estimate of drug-likeness (QED) is 0.493. The Balaban J connectivity index is 1.99. The van der Waals surface area contributed by atoms with Gasteiger partial charge in [0.2, 0.25) is 0 Å².